The fourth-order valence-corrected chi connectivity index (χ4v) is 3.77. The first kappa shape index (κ1) is 15.0. The van der Waals surface area contributed by atoms with Crippen LogP contribution in [0, 0.1) is 0 Å². The van der Waals surface area contributed by atoms with Crippen LogP contribution in [0.2, 0.25) is 0 Å². The quantitative estimate of drug-likeness (QED) is 0.918. The normalized spacial score (nSPS) is 20.9. The van der Waals surface area contributed by atoms with Gasteiger partial charge in [-0.05, 0) is 42.1 Å². The molecule has 1 aliphatic rings. The Morgan fingerprint density at radius 1 is 1.23 bits per heavy atom. The number of aliphatic carboxylic acids is 1. The molecule has 1 fully saturated rings. The largest absolute Gasteiger partial charge is 0.480 e. The minimum atomic E-state index is -0.682. The predicted molar refractivity (Wildman–Crippen MR) is 89.0 cm³/mol. The smallest absolute Gasteiger partial charge is 0.320 e. The molecule has 1 heterocycles. The lowest BCUT2D eigenvalue weighted by atomic mass is 9.92. The molecule has 2 aromatic carbocycles. The summed E-state index contributed by atoms with van der Waals surface area (Å²) in [6, 6.07) is 14.6. The van der Waals surface area contributed by atoms with Crippen molar-refractivity contribution in [1.82, 2.24) is 4.90 Å². The Kier molecular flexibility index (Phi) is 4.44. The third-order valence-electron chi connectivity index (χ3n) is 4.80. The molecule has 0 amide bonds. The molecule has 0 aromatic heterocycles. The molecule has 1 N–H and O–H groups in total. The van der Waals surface area contributed by atoms with Gasteiger partial charge in [0.15, 0.2) is 0 Å². The Bertz CT molecular complexity index is 662. The number of fused-ring (bicyclic) bond motifs is 1. The van der Waals surface area contributed by atoms with Gasteiger partial charge in [-0.25, -0.2) is 0 Å². The van der Waals surface area contributed by atoms with Gasteiger partial charge in [0.2, 0.25) is 0 Å². The molecule has 3 rings (SSSR count). The van der Waals surface area contributed by atoms with E-state index in [2.05, 4.69) is 48.2 Å². The molecule has 1 aliphatic heterocycles. The Morgan fingerprint density at radius 2 is 2.00 bits per heavy atom. The molecule has 22 heavy (non-hydrogen) atoms. The fraction of sp³-hybridized carbons (Fsp3) is 0.421. The van der Waals surface area contributed by atoms with Crippen LogP contribution in [-0.2, 0) is 4.79 Å². The monoisotopic (exact) mass is 297 g/mol. The van der Waals surface area contributed by atoms with Crippen LogP contribution in [0.25, 0.3) is 10.8 Å². The van der Waals surface area contributed by atoms with E-state index in [0.29, 0.717) is 0 Å². The average molecular weight is 297 g/mol. The van der Waals surface area contributed by atoms with Crippen LogP contribution in [0.5, 0.6) is 0 Å². The predicted octanol–water partition coefficient (Wildman–Crippen LogP) is 4.23. The minimum absolute atomic E-state index is 0.174. The molecule has 2 atom stereocenters. The molecule has 0 saturated carbocycles. The van der Waals surface area contributed by atoms with E-state index < -0.39 is 5.97 Å². The van der Waals surface area contributed by atoms with Crippen LogP contribution in [0.3, 0.4) is 0 Å². The Balaban J connectivity index is 2.03. The molecule has 116 valence electrons. The maximum atomic E-state index is 11.6. The molecule has 3 nitrogen and oxygen atoms in total. The summed E-state index contributed by atoms with van der Waals surface area (Å²) in [6.45, 7) is 3.03. The molecule has 0 aliphatic carbocycles. The summed E-state index contributed by atoms with van der Waals surface area (Å²) >= 11 is 0. The van der Waals surface area contributed by atoms with Gasteiger partial charge in [0, 0.05) is 6.04 Å². The van der Waals surface area contributed by atoms with Crippen molar-refractivity contribution in [3.63, 3.8) is 0 Å². The van der Waals surface area contributed by atoms with Crippen molar-refractivity contribution >= 4 is 16.7 Å². The second-order valence-electron chi connectivity index (χ2n) is 6.08. The molecule has 2 unspecified atom stereocenters. The molecule has 0 bridgehead atoms. The van der Waals surface area contributed by atoms with Gasteiger partial charge in [0.25, 0.3) is 0 Å². The van der Waals surface area contributed by atoms with Gasteiger partial charge >= 0.3 is 5.97 Å². The summed E-state index contributed by atoms with van der Waals surface area (Å²) in [5.74, 6) is -0.682. The van der Waals surface area contributed by atoms with Gasteiger partial charge in [-0.1, -0.05) is 55.8 Å². The zero-order chi connectivity index (χ0) is 15.5. The summed E-state index contributed by atoms with van der Waals surface area (Å²) in [7, 11) is 0. The summed E-state index contributed by atoms with van der Waals surface area (Å²) in [5, 5.41) is 12.0. The van der Waals surface area contributed by atoms with E-state index in [-0.39, 0.29) is 12.1 Å². The number of benzene rings is 2. The van der Waals surface area contributed by atoms with E-state index in [0.717, 1.165) is 32.2 Å². The van der Waals surface area contributed by atoms with E-state index in [1.165, 1.54) is 16.3 Å². The number of nitrogens with zero attached hydrogens (tertiary/aromatic N) is 1. The third-order valence-corrected chi connectivity index (χ3v) is 4.80. The van der Waals surface area contributed by atoms with E-state index in [1.54, 1.807) is 0 Å². The fourth-order valence-electron chi connectivity index (χ4n) is 3.77. The Morgan fingerprint density at radius 3 is 2.77 bits per heavy atom. The number of likely N-dealkylation sites (tertiary alicyclic amines) is 1. The molecule has 2 aromatic rings. The van der Waals surface area contributed by atoms with Crippen LogP contribution in [0.15, 0.2) is 42.5 Å². The van der Waals surface area contributed by atoms with Gasteiger partial charge in [0.05, 0.1) is 0 Å². The second kappa shape index (κ2) is 6.49. The first-order valence-electron chi connectivity index (χ1n) is 8.18. The van der Waals surface area contributed by atoms with Crippen molar-refractivity contribution in [2.24, 2.45) is 0 Å². The number of carboxylic acids is 1. The van der Waals surface area contributed by atoms with E-state index in [9.17, 15) is 9.90 Å². The number of carbonyl (C=O) groups is 1. The molecule has 3 heteroatoms. The summed E-state index contributed by atoms with van der Waals surface area (Å²) in [4.78, 5) is 13.8. The first-order chi connectivity index (χ1) is 10.7. The zero-order valence-corrected chi connectivity index (χ0v) is 13.0. The topological polar surface area (TPSA) is 40.5 Å². The minimum Gasteiger partial charge on any atom is -0.480 e. The van der Waals surface area contributed by atoms with Gasteiger partial charge in [-0.2, -0.15) is 0 Å². The van der Waals surface area contributed by atoms with Crippen LogP contribution in [-0.4, -0.2) is 28.6 Å². The van der Waals surface area contributed by atoms with E-state index in [1.807, 2.05) is 6.07 Å². The number of piperidine rings is 1. The van der Waals surface area contributed by atoms with Crippen molar-refractivity contribution < 1.29 is 9.90 Å². The summed E-state index contributed by atoms with van der Waals surface area (Å²) in [6.07, 6.45) is 3.79. The lowest BCUT2D eigenvalue weighted by Crippen LogP contribution is -2.46. The van der Waals surface area contributed by atoms with Gasteiger partial charge in [0.1, 0.15) is 6.04 Å². The van der Waals surface area contributed by atoms with Crippen LogP contribution in [0.1, 0.15) is 44.2 Å². The summed E-state index contributed by atoms with van der Waals surface area (Å²) < 4.78 is 0. The van der Waals surface area contributed by atoms with Gasteiger partial charge < -0.3 is 5.11 Å². The van der Waals surface area contributed by atoms with E-state index in [4.69, 9.17) is 0 Å². The summed E-state index contributed by atoms with van der Waals surface area (Å²) in [5.41, 5.74) is 1.26. The number of hydrogen-bond acceptors (Lipinski definition) is 2. The van der Waals surface area contributed by atoms with Crippen molar-refractivity contribution in [2.45, 2.75) is 44.7 Å². The standard InChI is InChI=1S/C19H23NO2/c1-2-17(20-13-6-5-12-18(20)19(21)22)16-11-7-9-14-8-3-4-10-15(14)16/h3-4,7-11,17-18H,2,5-6,12-13H2,1H3,(H,21,22). The highest BCUT2D eigenvalue weighted by atomic mass is 16.4. The highest BCUT2D eigenvalue weighted by molar-refractivity contribution is 5.86. The molecular formula is C19H23NO2. The van der Waals surface area contributed by atoms with Crippen molar-refractivity contribution in [1.29, 1.82) is 0 Å². The second-order valence-corrected chi connectivity index (χ2v) is 6.08. The molecule has 0 radical (unpaired) electrons. The maximum absolute atomic E-state index is 11.6. The van der Waals surface area contributed by atoms with Crippen LogP contribution < -0.4 is 0 Å². The van der Waals surface area contributed by atoms with Gasteiger partial charge in [-0.3, -0.25) is 9.69 Å². The Hall–Kier alpha value is -1.87. The molecular weight excluding hydrogens is 274 g/mol. The van der Waals surface area contributed by atoms with Crippen molar-refractivity contribution in [3.05, 3.63) is 48.0 Å². The molecule has 1 saturated heterocycles. The van der Waals surface area contributed by atoms with Crippen LogP contribution in [0.4, 0.5) is 0 Å². The number of rotatable bonds is 4. The highest BCUT2D eigenvalue weighted by Gasteiger charge is 2.33. The maximum Gasteiger partial charge on any atom is 0.320 e. The lowest BCUT2D eigenvalue weighted by molar-refractivity contribution is -0.146. The molecule has 0 spiro atoms. The lowest BCUT2D eigenvalue weighted by Gasteiger charge is -2.39. The zero-order valence-electron chi connectivity index (χ0n) is 13.0. The SMILES string of the molecule is CCC(c1cccc2ccccc12)N1CCCCC1C(=O)O. The van der Waals surface area contributed by atoms with Gasteiger partial charge in [-0.15, -0.1) is 0 Å². The van der Waals surface area contributed by atoms with Crippen molar-refractivity contribution in [2.75, 3.05) is 6.54 Å². The Labute approximate surface area is 131 Å². The van der Waals surface area contributed by atoms with Crippen molar-refractivity contribution in [3.8, 4) is 0 Å². The van der Waals surface area contributed by atoms with E-state index >= 15 is 0 Å². The average Bonchev–Trinajstić information content (AvgIpc) is 2.56. The number of hydrogen-bond donors (Lipinski definition) is 1. The highest BCUT2D eigenvalue weighted by Crippen LogP contribution is 2.34. The van der Waals surface area contributed by atoms with Crippen LogP contribution >= 0.6 is 0 Å². The third kappa shape index (κ3) is 2.73. The number of carboxylic acid groups (broad SMARTS) is 1. The first-order valence-corrected chi connectivity index (χ1v) is 8.18.